The van der Waals surface area contributed by atoms with E-state index in [1.165, 1.54) is 29.8 Å². The lowest BCUT2D eigenvalue weighted by Gasteiger charge is -2.11. The third kappa shape index (κ3) is 4.76. The van der Waals surface area contributed by atoms with E-state index >= 15 is 0 Å². The molecule has 0 aliphatic carbocycles. The highest BCUT2D eigenvalue weighted by Crippen LogP contribution is 2.17. The van der Waals surface area contributed by atoms with Crippen molar-refractivity contribution >= 4 is 23.4 Å². The molecular formula is C12H13ClN4O3S. The quantitative estimate of drug-likeness (QED) is 0.593. The molecule has 2 aromatic rings. The molecular weight excluding hydrogens is 316 g/mol. The van der Waals surface area contributed by atoms with Crippen LogP contribution >= 0.6 is 11.5 Å². The number of aromatic nitrogens is 3. The summed E-state index contributed by atoms with van der Waals surface area (Å²) < 4.78 is 5.61. The van der Waals surface area contributed by atoms with Crippen molar-refractivity contribution in [3.63, 3.8) is 0 Å². The van der Waals surface area contributed by atoms with Crippen LogP contribution in [-0.2, 0) is 16.1 Å². The van der Waals surface area contributed by atoms with Gasteiger partial charge in [0.05, 0.1) is 0 Å². The summed E-state index contributed by atoms with van der Waals surface area (Å²) in [4.78, 5) is 27.6. The molecule has 2 heterocycles. The van der Waals surface area contributed by atoms with E-state index in [0.717, 1.165) is 10.6 Å². The summed E-state index contributed by atoms with van der Waals surface area (Å²) in [6.45, 7) is -0.206. The summed E-state index contributed by atoms with van der Waals surface area (Å²) in [6, 6.07) is 3.68. The highest BCUT2D eigenvalue weighted by molar-refractivity contribution is 7.09. The molecule has 0 bridgehead atoms. The first-order valence-corrected chi connectivity index (χ1v) is 6.55. The number of amides is 1. The van der Waals surface area contributed by atoms with Crippen LogP contribution in [0.3, 0.4) is 0 Å². The molecule has 0 spiro atoms. The first-order chi connectivity index (χ1) is 9.56. The first-order valence-electron chi connectivity index (χ1n) is 5.78. The summed E-state index contributed by atoms with van der Waals surface area (Å²) in [5.74, 6) is -1.29. The zero-order chi connectivity index (χ0) is 14.5. The number of hydrogen-bond donors (Lipinski definition) is 1. The van der Waals surface area contributed by atoms with Gasteiger partial charge in [-0.2, -0.15) is 8.94 Å². The molecule has 1 N–H and O–H groups in total. The predicted octanol–water partition coefficient (Wildman–Crippen LogP) is -2.96. The highest BCUT2D eigenvalue weighted by atomic mass is 35.5. The number of pyridine rings is 1. The minimum absolute atomic E-state index is 0. The fourth-order valence-electron chi connectivity index (χ4n) is 1.57. The SMILES string of the molecule is CN(CC(=O)O)C(=O)C[n+]1ccc(-c2ncns2)cc1.[Cl-]. The van der Waals surface area contributed by atoms with Gasteiger partial charge in [-0.05, 0) is 11.5 Å². The van der Waals surface area contributed by atoms with Crippen LogP contribution in [-0.4, -0.2) is 44.8 Å². The smallest absolute Gasteiger partial charge is 0.323 e. The van der Waals surface area contributed by atoms with E-state index in [0.29, 0.717) is 0 Å². The normalized spacial score (nSPS) is 9.76. The van der Waals surface area contributed by atoms with Gasteiger partial charge >= 0.3 is 5.97 Å². The van der Waals surface area contributed by atoms with E-state index < -0.39 is 5.97 Å². The molecule has 0 saturated carbocycles. The monoisotopic (exact) mass is 328 g/mol. The number of aliphatic carboxylic acids is 1. The van der Waals surface area contributed by atoms with Crippen LogP contribution in [0.5, 0.6) is 0 Å². The Bertz CT molecular complexity index is 603. The van der Waals surface area contributed by atoms with Gasteiger partial charge in [-0.3, -0.25) is 9.59 Å². The van der Waals surface area contributed by atoms with Gasteiger partial charge < -0.3 is 22.4 Å². The number of carboxylic acid groups (broad SMARTS) is 1. The average molecular weight is 329 g/mol. The molecule has 21 heavy (non-hydrogen) atoms. The number of nitrogens with zero attached hydrogens (tertiary/aromatic N) is 4. The summed E-state index contributed by atoms with van der Waals surface area (Å²) >= 11 is 1.30. The van der Waals surface area contributed by atoms with Crippen molar-refractivity contribution in [2.45, 2.75) is 6.54 Å². The van der Waals surface area contributed by atoms with Crippen LogP contribution < -0.4 is 17.0 Å². The molecule has 0 aliphatic rings. The molecule has 1 amide bonds. The van der Waals surface area contributed by atoms with Crippen molar-refractivity contribution in [1.82, 2.24) is 14.3 Å². The van der Waals surface area contributed by atoms with Gasteiger partial charge in [0, 0.05) is 24.7 Å². The minimum atomic E-state index is -1.03. The third-order valence-electron chi connectivity index (χ3n) is 2.62. The van der Waals surface area contributed by atoms with Crippen LogP contribution in [0.15, 0.2) is 30.9 Å². The fraction of sp³-hybridized carbons (Fsp3) is 0.250. The lowest BCUT2D eigenvalue weighted by atomic mass is 10.3. The molecule has 0 saturated heterocycles. The maximum atomic E-state index is 11.8. The van der Waals surface area contributed by atoms with Gasteiger partial charge in [0.25, 0.3) is 5.91 Å². The number of halogens is 1. The Kier molecular flexibility index (Phi) is 6.19. The lowest BCUT2D eigenvalue weighted by molar-refractivity contribution is -0.685. The molecule has 0 fully saturated rings. The number of carbonyl (C=O) groups excluding carboxylic acids is 1. The van der Waals surface area contributed by atoms with Crippen LogP contribution in [0, 0.1) is 0 Å². The minimum Gasteiger partial charge on any atom is -1.00 e. The summed E-state index contributed by atoms with van der Waals surface area (Å²) in [7, 11) is 1.46. The van der Waals surface area contributed by atoms with Crippen LogP contribution in [0.25, 0.3) is 10.6 Å². The van der Waals surface area contributed by atoms with Crippen molar-refractivity contribution in [3.8, 4) is 10.6 Å². The molecule has 112 valence electrons. The maximum Gasteiger partial charge on any atom is 0.323 e. The first kappa shape index (κ1) is 17.0. The topological polar surface area (TPSA) is 87.3 Å². The van der Waals surface area contributed by atoms with Gasteiger partial charge in [0.1, 0.15) is 17.9 Å². The Morgan fingerprint density at radius 3 is 2.57 bits per heavy atom. The number of hydrogen-bond acceptors (Lipinski definition) is 5. The van der Waals surface area contributed by atoms with Gasteiger partial charge in [-0.25, -0.2) is 4.98 Å². The van der Waals surface area contributed by atoms with E-state index in [-0.39, 0.29) is 31.4 Å². The second-order valence-corrected chi connectivity index (χ2v) is 4.93. The van der Waals surface area contributed by atoms with Crippen molar-refractivity contribution in [1.29, 1.82) is 0 Å². The summed E-state index contributed by atoms with van der Waals surface area (Å²) in [6.07, 6.45) is 5.00. The van der Waals surface area contributed by atoms with E-state index in [1.54, 1.807) is 17.0 Å². The Morgan fingerprint density at radius 2 is 2.05 bits per heavy atom. The van der Waals surface area contributed by atoms with E-state index in [9.17, 15) is 9.59 Å². The van der Waals surface area contributed by atoms with E-state index in [1.807, 2.05) is 12.1 Å². The van der Waals surface area contributed by atoms with Gasteiger partial charge in [-0.1, -0.05) is 0 Å². The van der Waals surface area contributed by atoms with Crippen LogP contribution in [0.4, 0.5) is 0 Å². The Hall–Kier alpha value is -2.06. The molecule has 7 nitrogen and oxygen atoms in total. The van der Waals surface area contributed by atoms with E-state index in [2.05, 4.69) is 9.36 Å². The number of rotatable bonds is 5. The van der Waals surface area contributed by atoms with Gasteiger partial charge in [0.2, 0.25) is 6.54 Å². The summed E-state index contributed by atoms with van der Waals surface area (Å²) in [5, 5.41) is 9.44. The molecule has 0 aliphatic heterocycles. The van der Waals surface area contributed by atoms with Crippen molar-refractivity contribution < 1.29 is 31.7 Å². The Labute approximate surface area is 131 Å². The molecule has 0 atom stereocenters. The molecule has 9 heteroatoms. The second kappa shape index (κ2) is 7.65. The molecule has 0 aromatic carbocycles. The zero-order valence-corrected chi connectivity index (χ0v) is 12.7. The van der Waals surface area contributed by atoms with E-state index in [4.69, 9.17) is 5.11 Å². The Balaban J connectivity index is 0.00000220. The number of likely N-dealkylation sites (N-methyl/N-ethyl adjacent to an activating group) is 1. The van der Waals surface area contributed by atoms with Crippen molar-refractivity contribution in [3.05, 3.63) is 30.9 Å². The number of carboxylic acids is 1. The van der Waals surface area contributed by atoms with Crippen LogP contribution in [0.1, 0.15) is 0 Å². The third-order valence-corrected chi connectivity index (χ3v) is 3.33. The fourth-order valence-corrected chi connectivity index (χ4v) is 2.10. The largest absolute Gasteiger partial charge is 1.00 e. The second-order valence-electron chi connectivity index (χ2n) is 4.15. The zero-order valence-electron chi connectivity index (χ0n) is 11.1. The molecule has 0 unspecified atom stereocenters. The summed E-state index contributed by atoms with van der Waals surface area (Å²) in [5.41, 5.74) is 0.926. The highest BCUT2D eigenvalue weighted by Gasteiger charge is 2.16. The molecule has 0 radical (unpaired) electrons. The maximum absolute atomic E-state index is 11.8. The average Bonchev–Trinajstić information content (AvgIpc) is 2.92. The molecule has 2 rings (SSSR count). The predicted molar refractivity (Wildman–Crippen MR) is 70.8 cm³/mol. The van der Waals surface area contributed by atoms with Gasteiger partial charge in [0.15, 0.2) is 12.4 Å². The van der Waals surface area contributed by atoms with Crippen molar-refractivity contribution in [2.24, 2.45) is 0 Å². The number of carbonyl (C=O) groups is 2. The molecule has 2 aromatic heterocycles. The Morgan fingerprint density at radius 1 is 1.38 bits per heavy atom. The van der Waals surface area contributed by atoms with Gasteiger partial charge in [-0.15, -0.1) is 0 Å². The lowest BCUT2D eigenvalue weighted by Crippen LogP contribution is -3.00. The van der Waals surface area contributed by atoms with Crippen molar-refractivity contribution in [2.75, 3.05) is 13.6 Å². The van der Waals surface area contributed by atoms with Crippen LogP contribution in [0.2, 0.25) is 0 Å². The standard InChI is InChI=1S/C12H12N4O3S.ClH/c1-15(7-11(18)19)10(17)6-16-4-2-9(3-5-16)12-13-8-14-20-12;/h2-5,8H,6-7H2,1H3;1H.